The fourth-order valence-electron chi connectivity index (χ4n) is 1.07. The van der Waals surface area contributed by atoms with E-state index in [0.29, 0.717) is 5.92 Å². The van der Waals surface area contributed by atoms with Crippen LogP contribution in [-0.2, 0) is 14.3 Å². The summed E-state index contributed by atoms with van der Waals surface area (Å²) in [6, 6.07) is 0. The summed E-state index contributed by atoms with van der Waals surface area (Å²) in [6.45, 7) is 7.55. The Morgan fingerprint density at radius 2 is 1.13 bits per heavy atom. The Labute approximate surface area is 138 Å². The van der Waals surface area contributed by atoms with E-state index in [1.54, 1.807) is 0 Å². The van der Waals surface area contributed by atoms with Gasteiger partial charge < -0.3 is 25.2 Å². The Morgan fingerprint density at radius 1 is 0.826 bits per heavy atom. The van der Waals surface area contributed by atoms with Crippen molar-refractivity contribution >= 4 is 11.9 Å². The average Bonchev–Trinajstić information content (AvgIpc) is 2.48. The van der Waals surface area contributed by atoms with E-state index in [-0.39, 0.29) is 13.2 Å². The van der Waals surface area contributed by atoms with E-state index in [4.69, 9.17) is 20.4 Å². The van der Waals surface area contributed by atoms with Gasteiger partial charge in [-0.3, -0.25) is 9.59 Å². The highest BCUT2D eigenvalue weighted by molar-refractivity contribution is 5.90. The van der Waals surface area contributed by atoms with E-state index >= 15 is 0 Å². The molecule has 0 aliphatic heterocycles. The first-order valence-electron chi connectivity index (χ1n) is 7.68. The summed E-state index contributed by atoms with van der Waals surface area (Å²) in [7, 11) is 0. The lowest BCUT2D eigenvalue weighted by atomic mass is 9.93. The van der Waals surface area contributed by atoms with Gasteiger partial charge in [0.05, 0.1) is 24.0 Å². The third-order valence-corrected chi connectivity index (χ3v) is 3.32. The molecule has 0 saturated carbocycles. The molecule has 0 spiro atoms. The molecule has 0 aliphatic carbocycles. The zero-order valence-electron chi connectivity index (χ0n) is 14.8. The van der Waals surface area contributed by atoms with Gasteiger partial charge in [-0.1, -0.05) is 6.92 Å². The first-order valence-corrected chi connectivity index (χ1v) is 7.68. The molecule has 0 amide bonds. The molecule has 7 heteroatoms. The predicted molar refractivity (Wildman–Crippen MR) is 85.4 cm³/mol. The number of hydrogen-bond donors (Lipinski definition) is 4. The lowest BCUT2D eigenvalue weighted by Gasteiger charge is -2.23. The average molecular weight is 336 g/mol. The molecule has 0 heterocycles. The summed E-state index contributed by atoms with van der Waals surface area (Å²) in [6.07, 6.45) is 1.61. The molecule has 0 saturated heterocycles. The molecule has 0 aromatic heterocycles. The highest BCUT2D eigenvalue weighted by Crippen LogP contribution is 2.21. The van der Waals surface area contributed by atoms with E-state index in [2.05, 4.69) is 4.74 Å². The van der Waals surface area contributed by atoms with Crippen LogP contribution in [0.15, 0.2) is 0 Å². The maximum Gasteiger partial charge on any atom is 0.321 e. The van der Waals surface area contributed by atoms with Gasteiger partial charge in [-0.05, 0) is 46.5 Å². The van der Waals surface area contributed by atoms with Crippen LogP contribution in [0.3, 0.4) is 0 Å². The molecule has 23 heavy (non-hydrogen) atoms. The molecular weight excluding hydrogens is 304 g/mol. The molecule has 0 radical (unpaired) electrons. The normalized spacial score (nSPS) is 11.7. The molecular formula is C16H32O7. The van der Waals surface area contributed by atoms with Gasteiger partial charge in [0.2, 0.25) is 0 Å². The fourth-order valence-corrected chi connectivity index (χ4v) is 1.07. The van der Waals surface area contributed by atoms with Crippen LogP contribution in [0.25, 0.3) is 0 Å². The van der Waals surface area contributed by atoms with Crippen LogP contribution in [0.1, 0.15) is 47.5 Å². The molecule has 0 aliphatic rings. The Kier molecular flexibility index (Phi) is 12.1. The molecule has 4 N–H and O–H groups in total. The minimum absolute atomic E-state index is 0.237. The van der Waals surface area contributed by atoms with Gasteiger partial charge in [0.25, 0.3) is 0 Å². The SMILES string of the molecule is CC(C)(CO)C(=O)OC(=O)C(C)(C)CO.CC(CCO)CCO. The Morgan fingerprint density at radius 3 is 1.35 bits per heavy atom. The van der Waals surface area contributed by atoms with Crippen molar-refractivity contribution in [1.29, 1.82) is 0 Å². The third kappa shape index (κ3) is 10.4. The van der Waals surface area contributed by atoms with Gasteiger partial charge in [0.15, 0.2) is 0 Å². The van der Waals surface area contributed by atoms with Crippen LogP contribution in [0.2, 0.25) is 0 Å². The second-order valence-electron chi connectivity index (χ2n) is 6.89. The monoisotopic (exact) mass is 336 g/mol. The van der Waals surface area contributed by atoms with Crippen molar-refractivity contribution in [2.45, 2.75) is 47.5 Å². The van der Waals surface area contributed by atoms with Crippen LogP contribution in [-0.4, -0.2) is 58.8 Å². The third-order valence-electron chi connectivity index (χ3n) is 3.32. The van der Waals surface area contributed by atoms with Gasteiger partial charge >= 0.3 is 11.9 Å². The van der Waals surface area contributed by atoms with Gasteiger partial charge in [0.1, 0.15) is 0 Å². The lowest BCUT2D eigenvalue weighted by Crippen LogP contribution is -2.38. The van der Waals surface area contributed by atoms with Crippen molar-refractivity contribution < 1.29 is 34.8 Å². The van der Waals surface area contributed by atoms with Crippen LogP contribution in [0, 0.1) is 16.7 Å². The number of carbonyl (C=O) groups excluding carboxylic acids is 2. The van der Waals surface area contributed by atoms with Gasteiger partial charge in [-0.25, -0.2) is 0 Å². The quantitative estimate of drug-likeness (QED) is 0.375. The van der Waals surface area contributed by atoms with Crippen molar-refractivity contribution in [1.82, 2.24) is 0 Å². The molecule has 0 atom stereocenters. The number of ether oxygens (including phenoxy) is 1. The van der Waals surface area contributed by atoms with Crippen LogP contribution < -0.4 is 0 Å². The number of aliphatic hydroxyl groups excluding tert-OH is 4. The maximum absolute atomic E-state index is 11.4. The fraction of sp³-hybridized carbons (Fsp3) is 0.875. The topological polar surface area (TPSA) is 124 Å². The molecule has 0 bridgehead atoms. The van der Waals surface area contributed by atoms with Gasteiger partial charge in [-0.15, -0.1) is 0 Å². The second-order valence-corrected chi connectivity index (χ2v) is 6.89. The molecule has 0 unspecified atom stereocenters. The molecule has 0 aromatic rings. The predicted octanol–water partition coefficient (Wildman–Crippen LogP) is 0.480. The summed E-state index contributed by atoms with van der Waals surface area (Å²) in [5.74, 6) is -1.13. The first kappa shape index (κ1) is 24.2. The van der Waals surface area contributed by atoms with Gasteiger partial charge in [-0.2, -0.15) is 0 Å². The maximum atomic E-state index is 11.4. The van der Waals surface area contributed by atoms with E-state index in [0.717, 1.165) is 12.8 Å². The largest absolute Gasteiger partial charge is 0.396 e. The Hall–Kier alpha value is -1.02. The zero-order valence-corrected chi connectivity index (χ0v) is 14.8. The Bertz CT molecular complexity index is 318. The molecule has 138 valence electrons. The summed E-state index contributed by atoms with van der Waals surface area (Å²) in [5.41, 5.74) is -2.22. The highest BCUT2D eigenvalue weighted by Gasteiger charge is 2.36. The highest BCUT2D eigenvalue weighted by atomic mass is 16.6. The lowest BCUT2D eigenvalue weighted by molar-refractivity contribution is -0.174. The van der Waals surface area contributed by atoms with Gasteiger partial charge in [0, 0.05) is 13.2 Å². The van der Waals surface area contributed by atoms with E-state index in [1.807, 2.05) is 6.92 Å². The number of aliphatic hydroxyl groups is 4. The Balaban J connectivity index is 0. The molecule has 0 rings (SSSR count). The summed E-state index contributed by atoms with van der Waals surface area (Å²) >= 11 is 0. The first-order chi connectivity index (χ1) is 10.5. The molecule has 0 aromatic carbocycles. The summed E-state index contributed by atoms with van der Waals surface area (Å²) in [4.78, 5) is 22.8. The van der Waals surface area contributed by atoms with Crippen molar-refractivity contribution in [2.75, 3.05) is 26.4 Å². The molecule has 7 nitrogen and oxygen atoms in total. The number of hydrogen-bond acceptors (Lipinski definition) is 7. The number of carbonyl (C=O) groups is 2. The zero-order chi connectivity index (χ0) is 18.7. The minimum atomic E-state index is -1.11. The molecule has 0 fully saturated rings. The van der Waals surface area contributed by atoms with Crippen molar-refractivity contribution in [3.05, 3.63) is 0 Å². The summed E-state index contributed by atoms with van der Waals surface area (Å²) < 4.78 is 4.56. The van der Waals surface area contributed by atoms with Crippen molar-refractivity contribution in [3.8, 4) is 0 Å². The second kappa shape index (κ2) is 11.5. The van der Waals surface area contributed by atoms with Crippen molar-refractivity contribution in [2.24, 2.45) is 16.7 Å². The van der Waals surface area contributed by atoms with Crippen LogP contribution in [0.4, 0.5) is 0 Å². The van der Waals surface area contributed by atoms with Crippen molar-refractivity contribution in [3.63, 3.8) is 0 Å². The standard InChI is InChI=1S/C10H18O5.C6H14O2/c1-9(2,5-11)7(13)15-8(14)10(3,4)6-12;1-6(2-4-7)3-5-8/h11-12H,5-6H2,1-4H3;6-8H,2-5H2,1H3. The van der Waals surface area contributed by atoms with Crippen LogP contribution >= 0.6 is 0 Å². The van der Waals surface area contributed by atoms with Crippen LogP contribution in [0.5, 0.6) is 0 Å². The summed E-state index contributed by atoms with van der Waals surface area (Å²) in [5, 5.41) is 34.5. The smallest absolute Gasteiger partial charge is 0.321 e. The minimum Gasteiger partial charge on any atom is -0.396 e. The van der Waals surface area contributed by atoms with E-state index < -0.39 is 36.0 Å². The number of esters is 2. The van der Waals surface area contributed by atoms with E-state index in [1.165, 1.54) is 27.7 Å². The van der Waals surface area contributed by atoms with E-state index in [9.17, 15) is 9.59 Å². The number of rotatable bonds is 8.